The molecule has 0 saturated heterocycles. The van der Waals surface area contributed by atoms with E-state index in [-0.39, 0.29) is 29.2 Å². The normalized spacial score (nSPS) is 16.7. The van der Waals surface area contributed by atoms with Crippen LogP contribution in [0.5, 0.6) is 0 Å². The number of nitrogen functional groups attached to an aromatic ring is 1. The number of ether oxygens (including phenoxy) is 1. The number of methoxy groups -OCH3 is 1. The van der Waals surface area contributed by atoms with Crippen molar-refractivity contribution in [2.24, 2.45) is 0 Å². The predicted octanol–water partition coefficient (Wildman–Crippen LogP) is -1.37. The Morgan fingerprint density at radius 2 is 1.58 bits per heavy atom. The Balaban J connectivity index is 1.77. The third-order valence-corrected chi connectivity index (χ3v) is 7.02. The molecule has 4 atom stereocenters. The monoisotopic (exact) mass is 577 g/mol. The second-order valence-corrected chi connectivity index (χ2v) is 10.7. The number of phosphoric acid groups is 2. The summed E-state index contributed by atoms with van der Waals surface area (Å²) in [4.78, 5) is 62.1. The number of fused-ring (bicyclic) bond motifs is 1. The molecule has 0 aromatic carbocycles. The SMILES string of the molecule is COC[C@H](COP(=O)([O-])OC[C@H](COP(=O)([O-])OC)n1cnc2c(N)ncnc21)n1cc(C)c(=O)[nH]c1=O. The molecule has 0 bridgehead atoms. The van der Waals surface area contributed by atoms with E-state index in [0.29, 0.717) is 0 Å². The number of rotatable bonds is 14. The fraction of sp³-hybridized carbons (Fsp3) is 0.500. The highest BCUT2D eigenvalue weighted by Gasteiger charge is 2.24. The molecular weight excluding hydrogens is 552 g/mol. The Labute approximate surface area is 214 Å². The van der Waals surface area contributed by atoms with E-state index in [1.54, 1.807) is 0 Å². The number of hydrogen-bond donors (Lipinski definition) is 2. The Bertz CT molecular complexity index is 1470. The van der Waals surface area contributed by atoms with Crippen LogP contribution in [-0.2, 0) is 32.0 Å². The zero-order valence-corrected chi connectivity index (χ0v) is 22.2. The number of anilines is 1. The first-order valence-electron chi connectivity index (χ1n) is 10.7. The van der Waals surface area contributed by atoms with E-state index >= 15 is 0 Å². The maximum absolute atomic E-state index is 12.6. The Morgan fingerprint density at radius 3 is 2.18 bits per heavy atom. The van der Waals surface area contributed by atoms with Crippen LogP contribution in [0.2, 0.25) is 0 Å². The number of imidazole rings is 1. The minimum atomic E-state index is -5.04. The Morgan fingerprint density at radius 1 is 0.974 bits per heavy atom. The van der Waals surface area contributed by atoms with Gasteiger partial charge < -0.3 is 42.9 Å². The van der Waals surface area contributed by atoms with Gasteiger partial charge in [0, 0.05) is 26.0 Å². The van der Waals surface area contributed by atoms with Crippen molar-refractivity contribution < 1.29 is 41.7 Å². The molecule has 3 rings (SSSR count). The van der Waals surface area contributed by atoms with Gasteiger partial charge in [-0.3, -0.25) is 23.5 Å². The van der Waals surface area contributed by atoms with Crippen LogP contribution in [-0.4, -0.2) is 69.7 Å². The van der Waals surface area contributed by atoms with E-state index in [0.717, 1.165) is 18.0 Å². The van der Waals surface area contributed by atoms with Crippen molar-refractivity contribution in [3.63, 3.8) is 0 Å². The highest BCUT2D eigenvalue weighted by atomic mass is 31.2. The van der Waals surface area contributed by atoms with Gasteiger partial charge in [-0.05, 0) is 6.92 Å². The van der Waals surface area contributed by atoms with Crippen LogP contribution in [0.3, 0.4) is 0 Å². The van der Waals surface area contributed by atoms with E-state index < -0.39 is 58.8 Å². The summed E-state index contributed by atoms with van der Waals surface area (Å²) in [7, 11) is -7.51. The largest absolute Gasteiger partial charge is 0.756 e. The first-order valence-corrected chi connectivity index (χ1v) is 13.6. The molecule has 0 saturated carbocycles. The lowest BCUT2D eigenvalue weighted by Crippen LogP contribution is -2.36. The van der Waals surface area contributed by atoms with Crippen molar-refractivity contribution in [3.05, 3.63) is 45.3 Å². The number of aromatic amines is 1. The maximum Gasteiger partial charge on any atom is 0.328 e. The zero-order chi connectivity index (χ0) is 28.1. The summed E-state index contributed by atoms with van der Waals surface area (Å²) in [6, 6.07) is -2.06. The standard InChI is InChI=1S/C18H27N7O11P2/c1-11-4-24(18(27)23-17(11)26)12(5-32-2)6-35-38(30,31)36-8-13(7-34-37(28,29)33-3)25-10-22-14-15(19)20-9-21-16(14)25/h4,9-10,12-13H,5-8H2,1-3H3,(H,28,29)(H,30,31)(H2,19,20,21)(H,23,26,27)/p-2/t12-,13+/m1/s1. The zero-order valence-electron chi connectivity index (χ0n) is 20.4. The molecule has 20 heteroatoms. The topological polar surface area (TPSA) is 251 Å². The van der Waals surface area contributed by atoms with Crippen molar-refractivity contribution in [1.29, 1.82) is 0 Å². The van der Waals surface area contributed by atoms with E-state index in [1.165, 1.54) is 31.1 Å². The quantitative estimate of drug-likeness (QED) is 0.210. The Hall–Kier alpha value is -2.79. The van der Waals surface area contributed by atoms with Gasteiger partial charge in [0.2, 0.25) is 0 Å². The van der Waals surface area contributed by atoms with Crippen molar-refractivity contribution in [3.8, 4) is 0 Å². The summed E-state index contributed by atoms with van der Waals surface area (Å²) in [5.74, 6) is 0.0375. The van der Waals surface area contributed by atoms with Gasteiger partial charge in [-0.15, -0.1) is 0 Å². The molecule has 38 heavy (non-hydrogen) atoms. The van der Waals surface area contributed by atoms with Crippen molar-refractivity contribution >= 4 is 32.6 Å². The summed E-state index contributed by atoms with van der Waals surface area (Å²) in [6.45, 7) is -0.557. The van der Waals surface area contributed by atoms with Crippen molar-refractivity contribution in [2.75, 3.05) is 46.4 Å². The third-order valence-electron chi connectivity index (χ3n) is 5.18. The molecule has 210 valence electrons. The number of nitrogens with zero attached hydrogens (tertiary/aromatic N) is 5. The first-order chi connectivity index (χ1) is 17.9. The number of aryl methyl sites for hydroxylation is 1. The van der Waals surface area contributed by atoms with Crippen LogP contribution in [0, 0.1) is 6.92 Å². The lowest BCUT2D eigenvalue weighted by atomic mass is 10.3. The number of H-pyrrole nitrogens is 1. The predicted molar refractivity (Wildman–Crippen MR) is 126 cm³/mol. The third kappa shape index (κ3) is 7.41. The van der Waals surface area contributed by atoms with Gasteiger partial charge in [0.15, 0.2) is 11.5 Å². The average Bonchev–Trinajstić information content (AvgIpc) is 3.29. The van der Waals surface area contributed by atoms with E-state index in [2.05, 4.69) is 24.5 Å². The molecule has 3 N–H and O–H groups in total. The maximum atomic E-state index is 12.6. The molecule has 2 unspecified atom stereocenters. The highest BCUT2D eigenvalue weighted by molar-refractivity contribution is 7.46. The molecule has 3 heterocycles. The smallest absolute Gasteiger partial charge is 0.328 e. The molecule has 3 aromatic rings. The van der Waals surface area contributed by atoms with Gasteiger partial charge in [-0.25, -0.2) is 19.7 Å². The molecule has 0 radical (unpaired) electrons. The molecule has 0 fully saturated rings. The van der Waals surface area contributed by atoms with Crippen LogP contribution >= 0.6 is 15.6 Å². The van der Waals surface area contributed by atoms with Gasteiger partial charge in [-0.1, -0.05) is 0 Å². The second-order valence-electron chi connectivity index (χ2n) is 7.79. The van der Waals surface area contributed by atoms with Crippen LogP contribution in [0.1, 0.15) is 17.6 Å². The molecular formula is C18H25N7O11P2-2. The molecule has 0 spiro atoms. The minimum Gasteiger partial charge on any atom is -0.756 e. The number of nitrogens with one attached hydrogen (secondary N) is 1. The average molecular weight is 577 g/mol. The van der Waals surface area contributed by atoms with Gasteiger partial charge in [0.05, 0.1) is 44.8 Å². The first kappa shape index (κ1) is 29.8. The van der Waals surface area contributed by atoms with Crippen molar-refractivity contribution in [1.82, 2.24) is 29.1 Å². The summed E-state index contributed by atoms with van der Waals surface area (Å²) in [5, 5.41) is 0. The number of phosphoric ester groups is 2. The summed E-state index contributed by atoms with van der Waals surface area (Å²) < 4.78 is 50.7. The van der Waals surface area contributed by atoms with Crippen LogP contribution in [0.15, 0.2) is 28.4 Å². The van der Waals surface area contributed by atoms with E-state index in [1.807, 2.05) is 0 Å². The molecule has 0 amide bonds. The highest BCUT2D eigenvalue weighted by Crippen LogP contribution is 2.42. The van der Waals surface area contributed by atoms with Gasteiger partial charge in [0.1, 0.15) is 11.8 Å². The lowest BCUT2D eigenvalue weighted by Gasteiger charge is -2.29. The van der Waals surface area contributed by atoms with Crippen LogP contribution in [0.25, 0.3) is 11.2 Å². The summed E-state index contributed by atoms with van der Waals surface area (Å²) in [6.07, 6.45) is 3.61. The van der Waals surface area contributed by atoms with Gasteiger partial charge >= 0.3 is 5.69 Å². The molecule has 0 aliphatic rings. The molecule has 3 aromatic heterocycles. The fourth-order valence-corrected chi connectivity index (χ4v) is 4.47. The minimum absolute atomic E-state index is 0.0375. The van der Waals surface area contributed by atoms with E-state index in [4.69, 9.17) is 24.0 Å². The summed E-state index contributed by atoms with van der Waals surface area (Å²) >= 11 is 0. The fourth-order valence-electron chi connectivity index (χ4n) is 3.23. The lowest BCUT2D eigenvalue weighted by molar-refractivity contribution is -0.228. The van der Waals surface area contributed by atoms with Crippen LogP contribution < -0.4 is 26.8 Å². The van der Waals surface area contributed by atoms with E-state index in [9.17, 15) is 28.5 Å². The van der Waals surface area contributed by atoms with Crippen LogP contribution in [0.4, 0.5) is 5.82 Å². The molecule has 0 aliphatic carbocycles. The second kappa shape index (κ2) is 12.4. The molecule has 0 aliphatic heterocycles. The number of nitrogens with two attached hydrogens (primary N) is 1. The molecule has 18 nitrogen and oxygen atoms in total. The summed E-state index contributed by atoms with van der Waals surface area (Å²) in [5.41, 5.74) is 4.93. The Kier molecular flexibility index (Phi) is 9.69. The van der Waals surface area contributed by atoms with Gasteiger partial charge in [0.25, 0.3) is 21.2 Å². The number of hydrogen-bond acceptors (Lipinski definition) is 15. The van der Waals surface area contributed by atoms with Gasteiger partial charge in [-0.2, -0.15) is 0 Å². The number of aromatic nitrogens is 6. The van der Waals surface area contributed by atoms with Crippen molar-refractivity contribution in [2.45, 2.75) is 19.0 Å².